The van der Waals surface area contributed by atoms with Gasteiger partial charge >= 0.3 is 0 Å². The van der Waals surface area contributed by atoms with E-state index in [9.17, 15) is 9.18 Å². The summed E-state index contributed by atoms with van der Waals surface area (Å²) in [6.07, 6.45) is 0.751. The maximum atomic E-state index is 13.1. The van der Waals surface area contributed by atoms with Crippen LogP contribution >= 0.6 is 22.6 Å². The number of amides is 1. The van der Waals surface area contributed by atoms with Crippen molar-refractivity contribution in [2.75, 3.05) is 17.2 Å². The van der Waals surface area contributed by atoms with Crippen molar-refractivity contribution in [1.29, 1.82) is 0 Å². The number of rotatable bonds is 2. The van der Waals surface area contributed by atoms with Crippen molar-refractivity contribution in [1.82, 2.24) is 0 Å². The van der Waals surface area contributed by atoms with Gasteiger partial charge in [0.25, 0.3) is 0 Å². The summed E-state index contributed by atoms with van der Waals surface area (Å²) in [5.41, 5.74) is 2.68. The third-order valence-electron chi connectivity index (χ3n) is 3.59. The predicted molar refractivity (Wildman–Crippen MR) is 90.0 cm³/mol. The molecule has 0 fully saturated rings. The van der Waals surface area contributed by atoms with Crippen molar-refractivity contribution >= 4 is 39.9 Å². The number of benzene rings is 2. The number of para-hydroxylation sites is 1. The Morgan fingerprint density at radius 2 is 2.10 bits per heavy atom. The number of hydrogen-bond acceptors (Lipinski definition) is 2. The zero-order valence-corrected chi connectivity index (χ0v) is 13.4. The highest BCUT2D eigenvalue weighted by molar-refractivity contribution is 14.1. The van der Waals surface area contributed by atoms with Gasteiger partial charge in [-0.25, -0.2) is 4.39 Å². The standard InChI is InChI=1S/C16H14FIN2O/c17-10-5-6-15(13(18)9-10)20-16(21)12-7-8-19-14-4-2-1-3-11(12)14/h1-6,9,12,19H,7-8H2,(H,20,21). The van der Waals surface area contributed by atoms with Gasteiger partial charge < -0.3 is 10.6 Å². The molecule has 1 unspecified atom stereocenters. The summed E-state index contributed by atoms with van der Waals surface area (Å²) in [6, 6.07) is 12.2. The van der Waals surface area contributed by atoms with E-state index in [0.717, 1.165) is 24.2 Å². The fourth-order valence-corrected chi connectivity index (χ4v) is 3.16. The van der Waals surface area contributed by atoms with E-state index in [1.165, 1.54) is 12.1 Å². The minimum Gasteiger partial charge on any atom is -0.385 e. The van der Waals surface area contributed by atoms with Crippen LogP contribution in [0.15, 0.2) is 42.5 Å². The van der Waals surface area contributed by atoms with Crippen LogP contribution in [0, 0.1) is 9.39 Å². The van der Waals surface area contributed by atoms with E-state index in [-0.39, 0.29) is 17.6 Å². The summed E-state index contributed by atoms with van der Waals surface area (Å²) in [4.78, 5) is 12.5. The lowest BCUT2D eigenvalue weighted by Gasteiger charge is -2.26. The number of nitrogens with one attached hydrogen (secondary N) is 2. The Morgan fingerprint density at radius 3 is 2.90 bits per heavy atom. The van der Waals surface area contributed by atoms with Gasteiger partial charge in [0.2, 0.25) is 5.91 Å². The first-order valence-electron chi connectivity index (χ1n) is 6.74. The van der Waals surface area contributed by atoms with E-state index < -0.39 is 0 Å². The van der Waals surface area contributed by atoms with Crippen molar-refractivity contribution in [3.8, 4) is 0 Å². The van der Waals surface area contributed by atoms with E-state index >= 15 is 0 Å². The number of anilines is 2. The molecule has 0 radical (unpaired) electrons. The quantitative estimate of drug-likeness (QED) is 0.755. The number of hydrogen-bond donors (Lipinski definition) is 2. The highest BCUT2D eigenvalue weighted by Gasteiger charge is 2.26. The first-order chi connectivity index (χ1) is 10.1. The molecule has 0 spiro atoms. The van der Waals surface area contributed by atoms with E-state index in [1.54, 1.807) is 6.07 Å². The van der Waals surface area contributed by atoms with Crippen molar-refractivity contribution in [3.63, 3.8) is 0 Å². The molecule has 0 saturated carbocycles. The molecule has 1 aliphatic rings. The molecule has 1 atom stereocenters. The van der Waals surface area contributed by atoms with Crippen LogP contribution in [0.1, 0.15) is 17.9 Å². The van der Waals surface area contributed by atoms with Crippen molar-refractivity contribution < 1.29 is 9.18 Å². The van der Waals surface area contributed by atoms with Gasteiger partial charge in [0.15, 0.2) is 0 Å². The number of carbonyl (C=O) groups excluding carboxylic acids is 1. The Balaban J connectivity index is 1.83. The van der Waals surface area contributed by atoms with Gasteiger partial charge in [0, 0.05) is 15.8 Å². The van der Waals surface area contributed by atoms with Crippen LogP contribution in [0.4, 0.5) is 15.8 Å². The number of halogens is 2. The number of carbonyl (C=O) groups is 1. The van der Waals surface area contributed by atoms with Crippen molar-refractivity contribution in [2.45, 2.75) is 12.3 Å². The van der Waals surface area contributed by atoms with E-state index in [0.29, 0.717) is 9.26 Å². The zero-order chi connectivity index (χ0) is 14.8. The van der Waals surface area contributed by atoms with Gasteiger partial charge in [-0.15, -0.1) is 0 Å². The molecule has 3 nitrogen and oxygen atoms in total. The largest absolute Gasteiger partial charge is 0.385 e. The Labute approximate surface area is 136 Å². The molecule has 21 heavy (non-hydrogen) atoms. The maximum absolute atomic E-state index is 13.1. The predicted octanol–water partition coefficient (Wildman–Crippen LogP) is 3.97. The smallest absolute Gasteiger partial charge is 0.232 e. The fourth-order valence-electron chi connectivity index (χ4n) is 2.55. The van der Waals surface area contributed by atoms with Crippen LogP contribution in [0.5, 0.6) is 0 Å². The van der Waals surface area contributed by atoms with Gasteiger partial charge in [0.05, 0.1) is 11.6 Å². The second kappa shape index (κ2) is 6.01. The summed E-state index contributed by atoms with van der Waals surface area (Å²) < 4.78 is 13.8. The van der Waals surface area contributed by atoms with Crippen molar-refractivity contribution in [2.24, 2.45) is 0 Å². The molecule has 5 heteroatoms. The van der Waals surface area contributed by atoms with Crippen molar-refractivity contribution in [3.05, 3.63) is 57.4 Å². The molecule has 0 saturated heterocycles. The first-order valence-corrected chi connectivity index (χ1v) is 7.82. The third kappa shape index (κ3) is 3.02. The third-order valence-corrected chi connectivity index (χ3v) is 4.48. The summed E-state index contributed by atoms with van der Waals surface area (Å²) in [5.74, 6) is -0.526. The van der Waals surface area contributed by atoms with E-state index in [4.69, 9.17) is 0 Å². The molecule has 2 aromatic rings. The van der Waals surface area contributed by atoms with Gasteiger partial charge in [0.1, 0.15) is 5.82 Å². The summed E-state index contributed by atoms with van der Waals surface area (Å²) in [5, 5.41) is 6.21. The fraction of sp³-hybridized carbons (Fsp3) is 0.188. The second-order valence-corrected chi connectivity index (χ2v) is 6.13. The SMILES string of the molecule is O=C(Nc1ccc(F)cc1I)C1CCNc2ccccc21. The Kier molecular flexibility index (Phi) is 4.10. The van der Waals surface area contributed by atoms with Gasteiger partial charge in [-0.2, -0.15) is 0 Å². The zero-order valence-electron chi connectivity index (χ0n) is 11.2. The van der Waals surface area contributed by atoms with E-state index in [1.807, 2.05) is 46.9 Å². The molecule has 2 N–H and O–H groups in total. The summed E-state index contributed by atoms with van der Waals surface area (Å²) in [6.45, 7) is 0.773. The molecule has 108 valence electrons. The molecule has 0 aromatic heterocycles. The van der Waals surface area contributed by atoms with Crippen LogP contribution in [-0.2, 0) is 4.79 Å². The van der Waals surface area contributed by atoms with Gasteiger partial charge in [-0.3, -0.25) is 4.79 Å². The lowest BCUT2D eigenvalue weighted by Crippen LogP contribution is -2.27. The molecule has 0 bridgehead atoms. The minimum absolute atomic E-state index is 0.0477. The highest BCUT2D eigenvalue weighted by atomic mass is 127. The van der Waals surface area contributed by atoms with Crippen LogP contribution in [0.25, 0.3) is 0 Å². The Hall–Kier alpha value is -1.63. The highest BCUT2D eigenvalue weighted by Crippen LogP contribution is 2.32. The average molecular weight is 396 g/mol. The molecule has 3 rings (SSSR count). The second-order valence-electron chi connectivity index (χ2n) is 4.97. The Morgan fingerprint density at radius 1 is 1.29 bits per heavy atom. The van der Waals surface area contributed by atoms with Crippen LogP contribution in [-0.4, -0.2) is 12.5 Å². The monoisotopic (exact) mass is 396 g/mol. The normalized spacial score (nSPS) is 16.8. The van der Waals surface area contributed by atoms with Gasteiger partial charge in [-0.1, -0.05) is 18.2 Å². The van der Waals surface area contributed by atoms with Crippen LogP contribution in [0.2, 0.25) is 0 Å². The molecular weight excluding hydrogens is 382 g/mol. The lowest BCUT2D eigenvalue weighted by atomic mass is 9.90. The Bertz CT molecular complexity index is 690. The molecule has 1 amide bonds. The molecule has 2 aromatic carbocycles. The average Bonchev–Trinajstić information content (AvgIpc) is 2.49. The summed E-state index contributed by atoms with van der Waals surface area (Å²) >= 11 is 2.02. The molecule has 1 heterocycles. The minimum atomic E-state index is -0.301. The topological polar surface area (TPSA) is 41.1 Å². The van der Waals surface area contributed by atoms with Crippen LogP contribution < -0.4 is 10.6 Å². The van der Waals surface area contributed by atoms with Gasteiger partial charge in [-0.05, 0) is 58.8 Å². The molecule has 0 aliphatic carbocycles. The molecule has 1 aliphatic heterocycles. The van der Waals surface area contributed by atoms with E-state index in [2.05, 4.69) is 10.6 Å². The molecular formula is C16H14FIN2O. The first kappa shape index (κ1) is 14.3. The maximum Gasteiger partial charge on any atom is 0.232 e. The lowest BCUT2D eigenvalue weighted by molar-refractivity contribution is -0.117. The number of fused-ring (bicyclic) bond motifs is 1. The van der Waals surface area contributed by atoms with Crippen LogP contribution in [0.3, 0.4) is 0 Å². The summed E-state index contributed by atoms with van der Waals surface area (Å²) in [7, 11) is 0.